The number of halogens is 3. The Kier molecular flexibility index (Phi) is 7.12. The number of oxazole rings is 1. The van der Waals surface area contributed by atoms with Crippen LogP contribution >= 0.6 is 0 Å². The lowest BCUT2D eigenvalue weighted by Crippen LogP contribution is -2.46. The fraction of sp³-hybridized carbons (Fsp3) is 0.304. The lowest BCUT2D eigenvalue weighted by Gasteiger charge is -2.26. The molecule has 3 aromatic rings. The summed E-state index contributed by atoms with van der Waals surface area (Å²) in [6.07, 6.45) is -4.51. The van der Waals surface area contributed by atoms with Crippen molar-refractivity contribution in [2.45, 2.75) is 6.18 Å². The van der Waals surface area contributed by atoms with Gasteiger partial charge in [-0.15, -0.1) is 0 Å². The molecule has 1 saturated heterocycles. The summed E-state index contributed by atoms with van der Waals surface area (Å²) >= 11 is 0. The number of nitrogens with zero attached hydrogens (tertiary/aromatic N) is 3. The zero-order valence-electron chi connectivity index (χ0n) is 18.5. The predicted octanol–water partition coefficient (Wildman–Crippen LogP) is 3.57. The average Bonchev–Trinajstić information content (AvgIpc) is 3.30. The number of aromatic nitrogens is 1. The molecule has 2 aromatic carbocycles. The van der Waals surface area contributed by atoms with E-state index in [0.29, 0.717) is 13.1 Å². The third-order valence-electron chi connectivity index (χ3n) is 5.57. The third-order valence-corrected chi connectivity index (χ3v) is 5.57. The number of carbonyl (C=O) groups excluding carboxylic acids is 1. The average molecular weight is 489 g/mol. The molecule has 1 amide bonds. The molecule has 1 fully saturated rings. The highest BCUT2D eigenvalue weighted by Gasteiger charge is 2.31. The molecule has 4 rings (SSSR count). The molecule has 0 saturated carbocycles. The molecule has 184 valence electrons. The minimum atomic E-state index is -4.51. The number of hydrogen-bond donors (Lipinski definition) is 2. The number of benzene rings is 2. The molecular formula is C23H22F3N5O4. The van der Waals surface area contributed by atoms with Crippen LogP contribution < -0.4 is 10.6 Å². The van der Waals surface area contributed by atoms with Crippen LogP contribution in [0.15, 0.2) is 52.9 Å². The van der Waals surface area contributed by atoms with Crippen molar-refractivity contribution in [3.8, 4) is 22.8 Å². The highest BCUT2D eigenvalue weighted by atomic mass is 19.4. The zero-order chi connectivity index (χ0) is 25.0. The summed E-state index contributed by atoms with van der Waals surface area (Å²) in [5, 5.41) is 17.6. The molecule has 0 aliphatic carbocycles. The highest BCUT2D eigenvalue weighted by molar-refractivity contribution is 5.99. The van der Waals surface area contributed by atoms with E-state index in [9.17, 15) is 28.1 Å². The van der Waals surface area contributed by atoms with Gasteiger partial charge in [0.25, 0.3) is 11.6 Å². The molecule has 0 unspecified atom stereocenters. The van der Waals surface area contributed by atoms with Crippen LogP contribution in [0, 0.1) is 10.1 Å². The second-order valence-corrected chi connectivity index (χ2v) is 7.89. The van der Waals surface area contributed by atoms with Gasteiger partial charge in [0.05, 0.1) is 16.1 Å². The minimum Gasteiger partial charge on any atom is -0.435 e. The fourth-order valence-corrected chi connectivity index (χ4v) is 3.75. The maximum absolute atomic E-state index is 13.0. The van der Waals surface area contributed by atoms with Crippen molar-refractivity contribution >= 4 is 11.6 Å². The SMILES string of the molecule is O=C(NCCN1CCNCC1)c1nc(-c2ccc(C(F)(F)F)cc2)oc1-c1ccccc1[N+](=O)[O-]. The van der Waals surface area contributed by atoms with Crippen molar-refractivity contribution in [2.24, 2.45) is 0 Å². The normalized spacial score (nSPS) is 14.6. The molecule has 2 N–H and O–H groups in total. The van der Waals surface area contributed by atoms with Crippen LogP contribution in [0.5, 0.6) is 0 Å². The third kappa shape index (κ3) is 5.66. The summed E-state index contributed by atoms with van der Waals surface area (Å²) in [6.45, 7) is 4.33. The van der Waals surface area contributed by atoms with Gasteiger partial charge in [0, 0.05) is 50.9 Å². The minimum absolute atomic E-state index is 0.0374. The number of piperazine rings is 1. The van der Waals surface area contributed by atoms with E-state index < -0.39 is 22.6 Å². The Morgan fingerprint density at radius 3 is 2.49 bits per heavy atom. The molecule has 1 aliphatic rings. The maximum atomic E-state index is 13.0. The molecule has 0 radical (unpaired) electrons. The Balaban J connectivity index is 1.65. The van der Waals surface area contributed by atoms with Crippen molar-refractivity contribution in [3.05, 3.63) is 69.9 Å². The number of nitro groups is 1. The summed E-state index contributed by atoms with van der Waals surface area (Å²) in [6, 6.07) is 9.80. The Morgan fingerprint density at radius 1 is 1.14 bits per heavy atom. The van der Waals surface area contributed by atoms with E-state index in [-0.39, 0.29) is 34.2 Å². The van der Waals surface area contributed by atoms with Gasteiger partial charge in [-0.25, -0.2) is 4.98 Å². The van der Waals surface area contributed by atoms with E-state index in [4.69, 9.17) is 4.42 Å². The Labute approximate surface area is 198 Å². The van der Waals surface area contributed by atoms with Crippen molar-refractivity contribution in [2.75, 3.05) is 39.3 Å². The lowest BCUT2D eigenvalue weighted by atomic mass is 10.1. The number of carbonyl (C=O) groups is 1. The Morgan fingerprint density at radius 2 is 1.83 bits per heavy atom. The number of rotatable bonds is 7. The van der Waals surface area contributed by atoms with Gasteiger partial charge in [0.2, 0.25) is 5.89 Å². The monoisotopic (exact) mass is 489 g/mol. The number of nitro benzene ring substituents is 1. The second-order valence-electron chi connectivity index (χ2n) is 7.89. The maximum Gasteiger partial charge on any atom is 0.416 e. The number of nitrogens with one attached hydrogen (secondary N) is 2. The van der Waals surface area contributed by atoms with Gasteiger partial charge in [-0.1, -0.05) is 12.1 Å². The largest absolute Gasteiger partial charge is 0.435 e. The van der Waals surface area contributed by atoms with E-state index in [1.807, 2.05) is 0 Å². The van der Waals surface area contributed by atoms with Crippen molar-refractivity contribution in [1.29, 1.82) is 0 Å². The van der Waals surface area contributed by atoms with E-state index in [1.54, 1.807) is 6.07 Å². The first-order valence-corrected chi connectivity index (χ1v) is 10.9. The molecule has 1 aliphatic heterocycles. The molecule has 1 aromatic heterocycles. The quantitative estimate of drug-likeness (QED) is 0.385. The lowest BCUT2D eigenvalue weighted by molar-refractivity contribution is -0.384. The first-order valence-electron chi connectivity index (χ1n) is 10.9. The number of para-hydroxylation sites is 1. The van der Waals surface area contributed by atoms with Crippen LogP contribution in [0.25, 0.3) is 22.8 Å². The van der Waals surface area contributed by atoms with Gasteiger partial charge in [-0.05, 0) is 30.3 Å². The van der Waals surface area contributed by atoms with Gasteiger partial charge in [0.15, 0.2) is 11.5 Å². The molecule has 35 heavy (non-hydrogen) atoms. The Bertz CT molecular complexity index is 1200. The molecular weight excluding hydrogens is 467 g/mol. The van der Waals surface area contributed by atoms with Crippen molar-refractivity contribution in [3.63, 3.8) is 0 Å². The second kappa shape index (κ2) is 10.2. The van der Waals surface area contributed by atoms with Crippen LogP contribution in [-0.4, -0.2) is 60.0 Å². The summed E-state index contributed by atoms with van der Waals surface area (Å²) in [7, 11) is 0. The molecule has 0 bridgehead atoms. The van der Waals surface area contributed by atoms with Crippen LogP contribution in [-0.2, 0) is 6.18 Å². The molecule has 0 spiro atoms. The smallest absolute Gasteiger partial charge is 0.416 e. The van der Waals surface area contributed by atoms with Gasteiger partial charge in [0.1, 0.15) is 0 Å². The zero-order valence-corrected chi connectivity index (χ0v) is 18.5. The van der Waals surface area contributed by atoms with Crippen LogP contribution in [0.2, 0.25) is 0 Å². The van der Waals surface area contributed by atoms with Gasteiger partial charge in [-0.2, -0.15) is 13.2 Å². The standard InChI is InChI=1S/C23H22F3N5O4/c24-23(25,26)16-7-5-15(6-8-16)22-29-19(21(32)28-11-14-30-12-9-27-10-13-30)20(35-22)17-3-1-2-4-18(17)31(33)34/h1-8,27H,9-14H2,(H,28,32). The predicted molar refractivity (Wildman–Crippen MR) is 121 cm³/mol. The summed E-state index contributed by atoms with van der Waals surface area (Å²) in [4.78, 5) is 30.3. The van der Waals surface area contributed by atoms with Crippen molar-refractivity contribution < 1.29 is 27.3 Å². The number of alkyl halides is 3. The summed E-state index contributed by atoms with van der Waals surface area (Å²) in [5.74, 6) is -0.860. The first kappa shape index (κ1) is 24.4. The van der Waals surface area contributed by atoms with Gasteiger partial charge < -0.3 is 15.1 Å². The summed E-state index contributed by atoms with van der Waals surface area (Å²) in [5.41, 5.74) is -1.10. The molecule has 0 atom stereocenters. The molecule has 9 nitrogen and oxygen atoms in total. The number of hydrogen-bond acceptors (Lipinski definition) is 7. The van der Waals surface area contributed by atoms with Crippen LogP contribution in [0.4, 0.5) is 18.9 Å². The van der Waals surface area contributed by atoms with E-state index in [2.05, 4.69) is 20.5 Å². The van der Waals surface area contributed by atoms with E-state index in [0.717, 1.165) is 38.3 Å². The molecule has 12 heteroatoms. The number of amides is 1. The Hall–Kier alpha value is -3.77. The van der Waals surface area contributed by atoms with Gasteiger partial charge in [-0.3, -0.25) is 19.8 Å². The molecule has 2 heterocycles. The first-order chi connectivity index (χ1) is 16.7. The van der Waals surface area contributed by atoms with Crippen LogP contribution in [0.3, 0.4) is 0 Å². The topological polar surface area (TPSA) is 114 Å². The highest BCUT2D eigenvalue weighted by Crippen LogP contribution is 2.36. The van der Waals surface area contributed by atoms with Crippen LogP contribution in [0.1, 0.15) is 16.1 Å². The summed E-state index contributed by atoms with van der Waals surface area (Å²) < 4.78 is 44.5. The van der Waals surface area contributed by atoms with E-state index >= 15 is 0 Å². The van der Waals surface area contributed by atoms with Gasteiger partial charge >= 0.3 is 6.18 Å². The van der Waals surface area contributed by atoms with Crippen molar-refractivity contribution in [1.82, 2.24) is 20.5 Å². The van der Waals surface area contributed by atoms with E-state index in [1.165, 1.54) is 30.3 Å². The fourth-order valence-electron chi connectivity index (χ4n) is 3.75.